The van der Waals surface area contributed by atoms with Gasteiger partial charge in [0, 0.05) is 19.2 Å². The van der Waals surface area contributed by atoms with Gasteiger partial charge in [0.1, 0.15) is 0 Å². The number of para-hydroxylation sites is 1. The van der Waals surface area contributed by atoms with Gasteiger partial charge in [-0.2, -0.15) is 0 Å². The Bertz CT molecular complexity index is 572. The third-order valence-corrected chi connectivity index (χ3v) is 3.25. The van der Waals surface area contributed by atoms with E-state index in [1.165, 1.54) is 0 Å². The fourth-order valence-corrected chi connectivity index (χ4v) is 2.00. The van der Waals surface area contributed by atoms with Crippen molar-refractivity contribution in [3.05, 3.63) is 53.4 Å². The van der Waals surface area contributed by atoms with E-state index in [0.29, 0.717) is 30.4 Å². The Kier molecular flexibility index (Phi) is 5.66. The topological polar surface area (TPSA) is 54.7 Å². The lowest BCUT2D eigenvalue weighted by Gasteiger charge is -2.22. The summed E-state index contributed by atoms with van der Waals surface area (Å²) < 4.78 is 10.1. The van der Waals surface area contributed by atoms with Crippen LogP contribution in [0.4, 0.5) is 10.5 Å². The van der Waals surface area contributed by atoms with Crippen LogP contribution >= 0.6 is 11.6 Å². The molecule has 5 nitrogen and oxygen atoms in total. The van der Waals surface area contributed by atoms with E-state index in [2.05, 4.69) is 5.32 Å². The summed E-state index contributed by atoms with van der Waals surface area (Å²) in [6.07, 6.45) is 3.19. The number of anilines is 1. The van der Waals surface area contributed by atoms with Crippen molar-refractivity contribution in [3.63, 3.8) is 0 Å². The summed E-state index contributed by atoms with van der Waals surface area (Å²) in [7, 11) is 1.60. The first-order valence-electron chi connectivity index (χ1n) is 6.51. The van der Waals surface area contributed by atoms with Gasteiger partial charge in [-0.05, 0) is 18.2 Å². The minimum absolute atomic E-state index is 0.235. The van der Waals surface area contributed by atoms with Crippen LogP contribution in [0.2, 0.25) is 5.02 Å². The molecule has 2 rings (SSSR count). The maximum absolute atomic E-state index is 12.4. The van der Waals surface area contributed by atoms with Crippen LogP contribution in [0.15, 0.2) is 47.3 Å². The highest BCUT2D eigenvalue weighted by Crippen LogP contribution is 2.21. The van der Waals surface area contributed by atoms with Crippen molar-refractivity contribution in [3.8, 4) is 0 Å². The van der Waals surface area contributed by atoms with Gasteiger partial charge in [-0.25, -0.2) is 4.79 Å². The van der Waals surface area contributed by atoms with E-state index in [-0.39, 0.29) is 6.03 Å². The Morgan fingerprint density at radius 1 is 1.38 bits per heavy atom. The molecule has 1 aromatic carbocycles. The van der Waals surface area contributed by atoms with E-state index in [9.17, 15) is 4.79 Å². The summed E-state index contributed by atoms with van der Waals surface area (Å²) in [5.41, 5.74) is 1.50. The van der Waals surface area contributed by atoms with E-state index < -0.39 is 0 Å². The average Bonchev–Trinajstić information content (AvgIpc) is 2.98. The first-order valence-corrected chi connectivity index (χ1v) is 6.89. The van der Waals surface area contributed by atoms with Gasteiger partial charge in [0.05, 0.1) is 36.4 Å². The van der Waals surface area contributed by atoms with Crippen LogP contribution in [0, 0.1) is 0 Å². The van der Waals surface area contributed by atoms with Crippen LogP contribution in [0.5, 0.6) is 0 Å². The lowest BCUT2D eigenvalue weighted by Crippen LogP contribution is -2.36. The van der Waals surface area contributed by atoms with Crippen molar-refractivity contribution < 1.29 is 13.9 Å². The molecule has 1 N–H and O–H groups in total. The number of halogens is 1. The van der Waals surface area contributed by atoms with Crippen LogP contribution in [-0.2, 0) is 11.3 Å². The number of ether oxygens (including phenoxy) is 1. The number of urea groups is 1. The van der Waals surface area contributed by atoms with Crippen molar-refractivity contribution >= 4 is 23.3 Å². The molecule has 2 aromatic rings. The fraction of sp³-hybridized carbons (Fsp3) is 0.267. The molecule has 21 heavy (non-hydrogen) atoms. The lowest BCUT2D eigenvalue weighted by molar-refractivity contribution is 0.152. The van der Waals surface area contributed by atoms with Crippen molar-refractivity contribution in [2.75, 3.05) is 25.6 Å². The molecule has 0 unspecified atom stereocenters. The number of furan rings is 1. The number of carbonyl (C=O) groups excluding carboxylic acids is 1. The van der Waals surface area contributed by atoms with E-state index in [1.807, 2.05) is 18.2 Å². The van der Waals surface area contributed by atoms with Crippen molar-refractivity contribution in [1.82, 2.24) is 4.90 Å². The van der Waals surface area contributed by atoms with Gasteiger partial charge >= 0.3 is 6.03 Å². The van der Waals surface area contributed by atoms with Crippen molar-refractivity contribution in [2.24, 2.45) is 0 Å². The Labute approximate surface area is 128 Å². The molecule has 1 aromatic heterocycles. The summed E-state index contributed by atoms with van der Waals surface area (Å²) in [5.74, 6) is 0. The second-order valence-corrected chi connectivity index (χ2v) is 4.86. The van der Waals surface area contributed by atoms with Crippen molar-refractivity contribution in [1.29, 1.82) is 0 Å². The zero-order valence-electron chi connectivity index (χ0n) is 11.7. The summed E-state index contributed by atoms with van der Waals surface area (Å²) >= 11 is 6.05. The number of hydrogen-bond donors (Lipinski definition) is 1. The highest BCUT2D eigenvalue weighted by atomic mass is 35.5. The van der Waals surface area contributed by atoms with Crippen LogP contribution in [-0.4, -0.2) is 31.2 Å². The quantitative estimate of drug-likeness (QED) is 0.887. The monoisotopic (exact) mass is 308 g/mol. The number of nitrogens with zero attached hydrogens (tertiary/aromatic N) is 1. The molecule has 0 saturated heterocycles. The molecule has 0 aliphatic heterocycles. The maximum Gasteiger partial charge on any atom is 0.322 e. The predicted molar refractivity (Wildman–Crippen MR) is 81.5 cm³/mol. The van der Waals surface area contributed by atoms with Gasteiger partial charge in [0.15, 0.2) is 0 Å². The zero-order chi connectivity index (χ0) is 15.1. The molecule has 112 valence electrons. The van der Waals surface area contributed by atoms with Crippen LogP contribution < -0.4 is 5.32 Å². The first kappa shape index (κ1) is 15.4. The molecule has 2 amide bonds. The Balaban J connectivity index is 2.05. The van der Waals surface area contributed by atoms with Gasteiger partial charge in [-0.3, -0.25) is 0 Å². The molecule has 0 aliphatic carbocycles. The number of methoxy groups -OCH3 is 1. The average molecular weight is 309 g/mol. The summed E-state index contributed by atoms with van der Waals surface area (Å²) in [5, 5.41) is 3.30. The molecule has 0 radical (unpaired) electrons. The fourth-order valence-electron chi connectivity index (χ4n) is 1.81. The van der Waals surface area contributed by atoms with E-state index in [4.69, 9.17) is 20.8 Å². The summed E-state index contributed by atoms with van der Waals surface area (Å²) in [4.78, 5) is 14.0. The molecule has 0 bridgehead atoms. The SMILES string of the molecule is COCCN(Cc1ccoc1)C(=O)Nc1ccccc1Cl. The molecule has 0 saturated carbocycles. The second kappa shape index (κ2) is 7.71. The maximum atomic E-state index is 12.4. The second-order valence-electron chi connectivity index (χ2n) is 4.46. The Morgan fingerprint density at radius 2 is 2.19 bits per heavy atom. The van der Waals surface area contributed by atoms with Crippen LogP contribution in [0.3, 0.4) is 0 Å². The highest BCUT2D eigenvalue weighted by molar-refractivity contribution is 6.33. The molecule has 0 fully saturated rings. The number of hydrogen-bond acceptors (Lipinski definition) is 3. The van der Waals surface area contributed by atoms with Crippen LogP contribution in [0.1, 0.15) is 5.56 Å². The van der Waals surface area contributed by atoms with E-state index >= 15 is 0 Å². The zero-order valence-corrected chi connectivity index (χ0v) is 12.5. The Hall–Kier alpha value is -1.98. The molecule has 0 atom stereocenters. The molecular formula is C15H17ClN2O3. The van der Waals surface area contributed by atoms with Gasteiger partial charge in [-0.1, -0.05) is 23.7 Å². The third kappa shape index (κ3) is 4.51. The van der Waals surface area contributed by atoms with Crippen LogP contribution in [0.25, 0.3) is 0 Å². The minimum Gasteiger partial charge on any atom is -0.472 e. The number of nitrogens with one attached hydrogen (secondary N) is 1. The largest absolute Gasteiger partial charge is 0.472 e. The standard InChI is InChI=1S/C15H17ClN2O3/c1-20-9-7-18(10-12-6-8-21-11-12)15(19)17-14-5-3-2-4-13(14)16/h2-6,8,11H,7,9-10H2,1H3,(H,17,19). The van der Waals surface area contributed by atoms with Gasteiger partial charge in [0.25, 0.3) is 0 Å². The molecule has 1 heterocycles. The number of amides is 2. The molecular weight excluding hydrogens is 292 g/mol. The highest BCUT2D eigenvalue weighted by Gasteiger charge is 2.15. The smallest absolute Gasteiger partial charge is 0.322 e. The normalized spacial score (nSPS) is 10.4. The summed E-state index contributed by atoms with van der Waals surface area (Å²) in [6, 6.07) is 8.70. The predicted octanol–water partition coefficient (Wildman–Crippen LogP) is 3.61. The summed E-state index contributed by atoms with van der Waals surface area (Å²) in [6.45, 7) is 1.36. The number of carbonyl (C=O) groups is 1. The van der Waals surface area contributed by atoms with Gasteiger partial charge in [-0.15, -0.1) is 0 Å². The molecule has 6 heteroatoms. The van der Waals surface area contributed by atoms with Gasteiger partial charge < -0.3 is 19.4 Å². The number of rotatable bonds is 6. The molecule has 0 spiro atoms. The minimum atomic E-state index is -0.235. The third-order valence-electron chi connectivity index (χ3n) is 2.92. The van der Waals surface area contributed by atoms with E-state index in [1.54, 1.807) is 36.7 Å². The van der Waals surface area contributed by atoms with Gasteiger partial charge in [0.2, 0.25) is 0 Å². The molecule has 0 aliphatic rings. The van der Waals surface area contributed by atoms with E-state index in [0.717, 1.165) is 5.56 Å². The number of benzene rings is 1. The Morgan fingerprint density at radius 3 is 2.86 bits per heavy atom. The lowest BCUT2D eigenvalue weighted by atomic mass is 10.3. The van der Waals surface area contributed by atoms with Crippen molar-refractivity contribution in [2.45, 2.75) is 6.54 Å². The first-order chi connectivity index (χ1) is 10.2.